The van der Waals surface area contributed by atoms with Crippen molar-refractivity contribution in [2.45, 2.75) is 39.8 Å². The van der Waals surface area contributed by atoms with Crippen molar-refractivity contribution >= 4 is 11.0 Å². The van der Waals surface area contributed by atoms with Crippen LogP contribution in [0.3, 0.4) is 0 Å². The molecule has 2 aromatic rings. The van der Waals surface area contributed by atoms with Gasteiger partial charge in [-0.25, -0.2) is 4.98 Å². The van der Waals surface area contributed by atoms with E-state index in [1.165, 1.54) is 5.52 Å². The van der Waals surface area contributed by atoms with Crippen LogP contribution < -0.4 is 10.1 Å². The zero-order valence-corrected chi connectivity index (χ0v) is 12.2. The molecule has 0 amide bonds. The molecule has 4 nitrogen and oxygen atoms in total. The van der Waals surface area contributed by atoms with E-state index in [1.807, 2.05) is 12.1 Å². The van der Waals surface area contributed by atoms with Crippen molar-refractivity contribution < 1.29 is 4.74 Å². The van der Waals surface area contributed by atoms with Crippen LogP contribution >= 0.6 is 0 Å². The van der Waals surface area contributed by atoms with Crippen molar-refractivity contribution in [1.29, 1.82) is 0 Å². The summed E-state index contributed by atoms with van der Waals surface area (Å²) in [6.45, 7) is 8.38. The lowest BCUT2D eigenvalue weighted by atomic mass is 10.2. The Labute approximate surface area is 114 Å². The van der Waals surface area contributed by atoms with E-state index in [2.05, 4.69) is 36.7 Å². The molecule has 19 heavy (non-hydrogen) atoms. The SMILES string of the molecule is CCCNCc1nc2cc(OC)ccc2n1C(C)C. The number of nitrogens with one attached hydrogen (secondary N) is 1. The highest BCUT2D eigenvalue weighted by Gasteiger charge is 2.13. The van der Waals surface area contributed by atoms with E-state index >= 15 is 0 Å². The third-order valence-corrected chi connectivity index (χ3v) is 3.20. The molecule has 1 N–H and O–H groups in total. The van der Waals surface area contributed by atoms with E-state index in [0.29, 0.717) is 6.04 Å². The second-order valence-electron chi connectivity index (χ2n) is 5.02. The van der Waals surface area contributed by atoms with Gasteiger partial charge >= 0.3 is 0 Å². The molecule has 1 aromatic carbocycles. The monoisotopic (exact) mass is 261 g/mol. The number of nitrogens with zero attached hydrogens (tertiary/aromatic N) is 2. The highest BCUT2D eigenvalue weighted by atomic mass is 16.5. The van der Waals surface area contributed by atoms with Gasteiger partial charge in [0.2, 0.25) is 0 Å². The largest absolute Gasteiger partial charge is 0.497 e. The van der Waals surface area contributed by atoms with Gasteiger partial charge in [-0.05, 0) is 38.9 Å². The van der Waals surface area contributed by atoms with E-state index in [-0.39, 0.29) is 0 Å². The Kier molecular flexibility index (Phi) is 4.43. The maximum absolute atomic E-state index is 5.27. The summed E-state index contributed by atoms with van der Waals surface area (Å²) in [7, 11) is 1.68. The third kappa shape index (κ3) is 2.89. The average molecular weight is 261 g/mol. The Bertz CT molecular complexity index is 546. The van der Waals surface area contributed by atoms with Crippen LogP contribution in [-0.2, 0) is 6.54 Å². The minimum absolute atomic E-state index is 0.400. The first-order valence-corrected chi connectivity index (χ1v) is 6.93. The average Bonchev–Trinajstić information content (AvgIpc) is 2.76. The van der Waals surface area contributed by atoms with Crippen LogP contribution in [0, 0.1) is 0 Å². The first kappa shape index (κ1) is 13.9. The van der Waals surface area contributed by atoms with Crippen LogP contribution in [0.5, 0.6) is 5.75 Å². The molecule has 0 unspecified atom stereocenters. The smallest absolute Gasteiger partial charge is 0.124 e. The number of fused-ring (bicyclic) bond motifs is 1. The van der Waals surface area contributed by atoms with Gasteiger partial charge in [0.15, 0.2) is 0 Å². The molecule has 0 fully saturated rings. The maximum Gasteiger partial charge on any atom is 0.124 e. The Morgan fingerprint density at radius 1 is 1.37 bits per heavy atom. The summed E-state index contributed by atoms with van der Waals surface area (Å²) in [5, 5.41) is 3.42. The summed E-state index contributed by atoms with van der Waals surface area (Å²) in [6.07, 6.45) is 1.13. The topological polar surface area (TPSA) is 39.1 Å². The molecule has 0 aliphatic heterocycles. The molecule has 0 saturated carbocycles. The lowest BCUT2D eigenvalue weighted by Gasteiger charge is -2.13. The molecule has 0 atom stereocenters. The highest BCUT2D eigenvalue weighted by molar-refractivity contribution is 5.78. The standard InChI is InChI=1S/C15H23N3O/c1-5-8-16-10-15-17-13-9-12(19-4)6-7-14(13)18(15)11(2)3/h6-7,9,11,16H,5,8,10H2,1-4H3. The summed E-state index contributed by atoms with van der Waals surface area (Å²) in [5.74, 6) is 1.95. The first-order valence-electron chi connectivity index (χ1n) is 6.93. The van der Waals surface area contributed by atoms with Gasteiger partial charge in [-0.2, -0.15) is 0 Å². The van der Waals surface area contributed by atoms with Crippen LogP contribution in [0.25, 0.3) is 11.0 Å². The second-order valence-corrected chi connectivity index (χ2v) is 5.02. The Morgan fingerprint density at radius 2 is 2.16 bits per heavy atom. The highest BCUT2D eigenvalue weighted by Crippen LogP contribution is 2.24. The number of benzene rings is 1. The lowest BCUT2D eigenvalue weighted by molar-refractivity contribution is 0.415. The summed E-state index contributed by atoms with van der Waals surface area (Å²) in [5.41, 5.74) is 2.17. The van der Waals surface area contributed by atoms with E-state index in [0.717, 1.165) is 36.6 Å². The summed E-state index contributed by atoms with van der Waals surface area (Å²) >= 11 is 0. The van der Waals surface area contributed by atoms with Crippen molar-refractivity contribution in [3.63, 3.8) is 0 Å². The number of rotatable bonds is 6. The predicted octanol–water partition coefficient (Wildman–Crippen LogP) is 3.13. The molecule has 2 rings (SSSR count). The van der Waals surface area contributed by atoms with E-state index in [9.17, 15) is 0 Å². The zero-order valence-electron chi connectivity index (χ0n) is 12.2. The quantitative estimate of drug-likeness (QED) is 0.812. The van der Waals surface area contributed by atoms with Gasteiger partial charge in [0.25, 0.3) is 0 Å². The first-order chi connectivity index (χ1) is 9.17. The molecule has 4 heteroatoms. The molecule has 0 saturated heterocycles. The van der Waals surface area contributed by atoms with E-state index in [4.69, 9.17) is 9.72 Å². The van der Waals surface area contributed by atoms with Crippen LogP contribution in [0.4, 0.5) is 0 Å². The minimum Gasteiger partial charge on any atom is -0.497 e. The molecule has 0 bridgehead atoms. The second kappa shape index (κ2) is 6.06. The third-order valence-electron chi connectivity index (χ3n) is 3.20. The molecule has 0 radical (unpaired) electrons. The zero-order chi connectivity index (χ0) is 13.8. The van der Waals surface area contributed by atoms with Crippen LogP contribution in [0.15, 0.2) is 18.2 Å². The predicted molar refractivity (Wildman–Crippen MR) is 78.7 cm³/mol. The number of methoxy groups -OCH3 is 1. The number of hydrogen-bond donors (Lipinski definition) is 1. The van der Waals surface area contributed by atoms with Crippen molar-refractivity contribution in [3.05, 3.63) is 24.0 Å². The molecule has 0 aliphatic rings. The summed E-state index contributed by atoms with van der Waals surface area (Å²) in [6, 6.07) is 6.48. The van der Waals surface area contributed by atoms with Gasteiger partial charge in [-0.15, -0.1) is 0 Å². The van der Waals surface area contributed by atoms with Gasteiger partial charge < -0.3 is 14.6 Å². The molecule has 0 aliphatic carbocycles. The minimum atomic E-state index is 0.400. The van der Waals surface area contributed by atoms with Gasteiger partial charge in [0.05, 0.1) is 24.7 Å². The molecule has 104 valence electrons. The molecule has 1 heterocycles. The van der Waals surface area contributed by atoms with E-state index in [1.54, 1.807) is 7.11 Å². The Balaban J connectivity index is 2.40. The van der Waals surface area contributed by atoms with Crippen molar-refractivity contribution in [2.24, 2.45) is 0 Å². The fourth-order valence-electron chi connectivity index (χ4n) is 2.33. The molecule has 0 spiro atoms. The number of ether oxygens (including phenoxy) is 1. The molecule has 1 aromatic heterocycles. The van der Waals surface area contributed by atoms with Crippen molar-refractivity contribution in [2.75, 3.05) is 13.7 Å². The fraction of sp³-hybridized carbons (Fsp3) is 0.533. The fourth-order valence-corrected chi connectivity index (χ4v) is 2.33. The normalized spacial score (nSPS) is 11.4. The Morgan fingerprint density at radius 3 is 2.79 bits per heavy atom. The van der Waals surface area contributed by atoms with Gasteiger partial charge in [-0.3, -0.25) is 0 Å². The van der Waals surface area contributed by atoms with Gasteiger partial charge in [-0.1, -0.05) is 6.92 Å². The van der Waals surface area contributed by atoms with Crippen LogP contribution in [-0.4, -0.2) is 23.2 Å². The number of hydrogen-bond acceptors (Lipinski definition) is 3. The molecular weight excluding hydrogens is 238 g/mol. The van der Waals surface area contributed by atoms with Crippen molar-refractivity contribution in [1.82, 2.24) is 14.9 Å². The van der Waals surface area contributed by atoms with E-state index < -0.39 is 0 Å². The molecular formula is C15H23N3O. The van der Waals surface area contributed by atoms with Gasteiger partial charge in [0, 0.05) is 12.1 Å². The maximum atomic E-state index is 5.27. The lowest BCUT2D eigenvalue weighted by Crippen LogP contribution is -2.18. The van der Waals surface area contributed by atoms with Crippen LogP contribution in [0.1, 0.15) is 39.1 Å². The van der Waals surface area contributed by atoms with Gasteiger partial charge in [0.1, 0.15) is 11.6 Å². The van der Waals surface area contributed by atoms with Crippen molar-refractivity contribution in [3.8, 4) is 5.75 Å². The Hall–Kier alpha value is -1.55. The summed E-state index contributed by atoms with van der Waals surface area (Å²) < 4.78 is 7.55. The number of aromatic nitrogens is 2. The number of imidazole rings is 1. The summed E-state index contributed by atoms with van der Waals surface area (Å²) in [4.78, 5) is 4.73. The van der Waals surface area contributed by atoms with Crippen LogP contribution in [0.2, 0.25) is 0 Å².